The van der Waals surface area contributed by atoms with Gasteiger partial charge in [-0.2, -0.15) is 8.78 Å². The Balaban J connectivity index is 1.51. The minimum atomic E-state index is -4.09. The molecule has 0 aliphatic carbocycles. The van der Waals surface area contributed by atoms with Crippen LogP contribution in [-0.4, -0.2) is 52.1 Å². The Morgan fingerprint density at radius 3 is 2.09 bits per heavy atom. The van der Waals surface area contributed by atoms with E-state index in [2.05, 4.69) is 58.7 Å². The number of carboxylic acids is 1. The van der Waals surface area contributed by atoms with Gasteiger partial charge in [0.15, 0.2) is 0 Å². The van der Waals surface area contributed by atoms with Crippen molar-refractivity contribution in [2.45, 2.75) is 90.4 Å². The number of rotatable bonds is 7. The van der Waals surface area contributed by atoms with Crippen molar-refractivity contribution in [1.29, 1.82) is 0 Å². The van der Waals surface area contributed by atoms with Crippen LogP contribution in [0.3, 0.4) is 0 Å². The first kappa shape index (κ1) is 33.3. The van der Waals surface area contributed by atoms with E-state index in [-0.39, 0.29) is 39.0 Å². The number of methoxy groups -OCH3 is 1. The molecule has 3 aromatic rings. The van der Waals surface area contributed by atoms with Crippen LogP contribution >= 0.6 is 34.3 Å². The first-order valence-corrected chi connectivity index (χ1v) is 16.1. The molecule has 0 saturated carbocycles. The molecule has 234 valence electrons. The maximum absolute atomic E-state index is 14.0. The number of amides is 1. The Morgan fingerprint density at radius 2 is 1.60 bits per heavy atom. The fraction of sp³-hybridized carbons (Fsp3) is 0.548. The number of aromatic nitrogens is 2. The van der Waals surface area contributed by atoms with Crippen molar-refractivity contribution < 1.29 is 28.2 Å². The Morgan fingerprint density at radius 1 is 1.05 bits per heavy atom. The van der Waals surface area contributed by atoms with Crippen LogP contribution in [0.15, 0.2) is 12.1 Å². The lowest BCUT2D eigenvalue weighted by molar-refractivity contribution is -0.166. The molecule has 7 nitrogen and oxygen atoms in total. The molecule has 4 rings (SSSR count). The van der Waals surface area contributed by atoms with Gasteiger partial charge in [-0.15, -0.1) is 22.7 Å². The minimum absolute atomic E-state index is 0.0893. The smallest absolute Gasteiger partial charge is 0.385 e. The van der Waals surface area contributed by atoms with E-state index in [1.807, 2.05) is 0 Å². The van der Waals surface area contributed by atoms with E-state index in [1.165, 1.54) is 18.3 Å². The van der Waals surface area contributed by atoms with E-state index in [0.29, 0.717) is 30.3 Å². The zero-order valence-corrected chi connectivity index (χ0v) is 28.1. The molecule has 1 aliphatic rings. The SMILES string of the molecule is COc1c(C(C)(C)C)cc(-c2nc(C3CCN(C(=O)Cc4nc(C(F)(F)C(=O)O)c(C)s4)CC3)sc2Cl)cc1C(C)(C)C. The second kappa shape index (κ2) is 12.0. The van der Waals surface area contributed by atoms with Gasteiger partial charge in [0.05, 0.1) is 18.5 Å². The molecule has 0 spiro atoms. The molecule has 0 unspecified atom stereocenters. The molecule has 3 heterocycles. The molecular weight excluding hydrogens is 616 g/mol. The molecule has 1 aliphatic heterocycles. The number of alkyl halides is 2. The zero-order valence-electron chi connectivity index (χ0n) is 25.7. The van der Waals surface area contributed by atoms with Crippen LogP contribution in [0.25, 0.3) is 11.3 Å². The van der Waals surface area contributed by atoms with E-state index in [4.69, 9.17) is 26.4 Å². The van der Waals surface area contributed by atoms with Crippen LogP contribution in [0.4, 0.5) is 8.78 Å². The van der Waals surface area contributed by atoms with Crippen LogP contribution in [0, 0.1) is 6.92 Å². The standard InChI is InChI=1S/C31H38ClF2N3O4S2/c1-16-25(31(33,34)28(39)40)35-21(42-16)15-22(38)37-11-9-17(10-12-37)27-36-23(26(32)43-27)18-13-19(29(2,3)4)24(41-8)20(14-18)30(5,6)7/h13-14,17H,9-12,15H2,1-8H3,(H,39,40). The number of carbonyl (C=O) groups excluding carboxylic acids is 1. The summed E-state index contributed by atoms with van der Waals surface area (Å²) in [6.45, 7) is 15.3. The fourth-order valence-electron chi connectivity index (χ4n) is 5.31. The highest BCUT2D eigenvalue weighted by molar-refractivity contribution is 7.16. The number of aliphatic carboxylic acids is 1. The van der Waals surface area contributed by atoms with Crippen LogP contribution in [0.5, 0.6) is 5.75 Å². The predicted molar refractivity (Wildman–Crippen MR) is 167 cm³/mol. The Labute approximate surface area is 264 Å². The molecule has 1 N–H and O–H groups in total. The number of thiazole rings is 2. The Bertz CT molecular complexity index is 1500. The highest BCUT2D eigenvalue weighted by Gasteiger charge is 2.45. The van der Waals surface area contributed by atoms with Crippen LogP contribution in [0.2, 0.25) is 4.34 Å². The molecule has 12 heteroatoms. The van der Waals surface area contributed by atoms with Crippen molar-refractivity contribution in [3.05, 3.63) is 48.2 Å². The van der Waals surface area contributed by atoms with Gasteiger partial charge in [0.2, 0.25) is 5.91 Å². The van der Waals surface area contributed by atoms with Gasteiger partial charge >= 0.3 is 11.9 Å². The number of aryl methyl sites for hydroxylation is 1. The lowest BCUT2D eigenvalue weighted by Gasteiger charge is -2.31. The van der Waals surface area contributed by atoms with Gasteiger partial charge in [-0.1, -0.05) is 53.1 Å². The number of nitrogens with zero attached hydrogens (tertiary/aromatic N) is 3. The molecule has 1 aromatic carbocycles. The molecular formula is C31H38ClF2N3O4S2. The number of halogens is 3. The molecule has 2 aromatic heterocycles. The predicted octanol–water partition coefficient (Wildman–Crippen LogP) is 7.96. The third-order valence-electron chi connectivity index (χ3n) is 7.69. The molecule has 1 saturated heterocycles. The van der Waals surface area contributed by atoms with Gasteiger partial charge in [0.25, 0.3) is 0 Å². The van der Waals surface area contributed by atoms with Gasteiger partial charge < -0.3 is 14.7 Å². The van der Waals surface area contributed by atoms with Gasteiger partial charge in [-0.3, -0.25) is 4.79 Å². The normalized spacial score (nSPS) is 15.2. The lowest BCUT2D eigenvalue weighted by atomic mass is 9.78. The summed E-state index contributed by atoms with van der Waals surface area (Å²) in [4.78, 5) is 34.5. The van der Waals surface area contributed by atoms with Gasteiger partial charge in [0.1, 0.15) is 26.5 Å². The van der Waals surface area contributed by atoms with E-state index >= 15 is 0 Å². The average molecular weight is 654 g/mol. The largest absolute Gasteiger partial charge is 0.496 e. The number of benzene rings is 1. The number of carbonyl (C=O) groups is 2. The van der Waals surface area contributed by atoms with Crippen molar-refractivity contribution in [3.8, 4) is 17.0 Å². The number of carboxylic acid groups (broad SMARTS) is 1. The Hall–Kier alpha value is -2.63. The minimum Gasteiger partial charge on any atom is -0.496 e. The van der Waals surface area contributed by atoms with Gasteiger partial charge in [-0.05, 0) is 42.7 Å². The maximum atomic E-state index is 14.0. The number of ether oxygens (including phenoxy) is 1. The van der Waals surface area contributed by atoms with Crippen molar-refractivity contribution in [1.82, 2.24) is 14.9 Å². The number of likely N-dealkylation sites (tertiary alicyclic amines) is 1. The van der Waals surface area contributed by atoms with Crippen LogP contribution < -0.4 is 4.74 Å². The van der Waals surface area contributed by atoms with E-state index in [0.717, 1.165) is 44.5 Å². The molecule has 0 atom stereocenters. The lowest BCUT2D eigenvalue weighted by Crippen LogP contribution is -2.38. The summed E-state index contributed by atoms with van der Waals surface area (Å²) >= 11 is 9.20. The second-order valence-electron chi connectivity index (χ2n) is 13.0. The molecule has 0 bridgehead atoms. The van der Waals surface area contributed by atoms with E-state index in [1.54, 1.807) is 12.0 Å². The Kier molecular flexibility index (Phi) is 9.32. The summed E-state index contributed by atoms with van der Waals surface area (Å²) in [5.74, 6) is -5.57. The highest BCUT2D eigenvalue weighted by atomic mass is 35.5. The maximum Gasteiger partial charge on any atom is 0.385 e. The first-order chi connectivity index (χ1) is 19.8. The van der Waals surface area contributed by atoms with Gasteiger partial charge in [-0.25, -0.2) is 14.8 Å². The first-order valence-electron chi connectivity index (χ1n) is 14.1. The zero-order chi connectivity index (χ0) is 32.1. The molecule has 1 amide bonds. The van der Waals surface area contributed by atoms with E-state index < -0.39 is 17.6 Å². The summed E-state index contributed by atoms with van der Waals surface area (Å²) in [7, 11) is 1.71. The van der Waals surface area contributed by atoms with E-state index in [9.17, 15) is 18.4 Å². The topological polar surface area (TPSA) is 92.6 Å². The summed E-state index contributed by atoms with van der Waals surface area (Å²) in [6, 6.07) is 4.25. The number of piperidine rings is 1. The third-order valence-corrected chi connectivity index (χ3v) is 10.1. The van der Waals surface area contributed by atoms with Crippen molar-refractivity contribution in [3.63, 3.8) is 0 Å². The summed E-state index contributed by atoms with van der Waals surface area (Å²) in [5, 5.41) is 9.95. The summed E-state index contributed by atoms with van der Waals surface area (Å²) in [5.41, 5.74) is 2.73. The summed E-state index contributed by atoms with van der Waals surface area (Å²) < 4.78 is 34.5. The fourth-order valence-corrected chi connectivity index (χ4v) is 7.63. The van der Waals surface area contributed by atoms with Crippen molar-refractivity contribution in [2.24, 2.45) is 0 Å². The number of hydrogen-bond donors (Lipinski definition) is 1. The van der Waals surface area contributed by atoms with Crippen LogP contribution in [-0.2, 0) is 32.8 Å². The highest BCUT2D eigenvalue weighted by Crippen LogP contribution is 2.45. The molecule has 0 radical (unpaired) electrons. The molecule has 43 heavy (non-hydrogen) atoms. The summed E-state index contributed by atoms with van der Waals surface area (Å²) in [6.07, 6.45) is 1.23. The van der Waals surface area contributed by atoms with Crippen molar-refractivity contribution >= 4 is 46.2 Å². The van der Waals surface area contributed by atoms with Crippen LogP contribution in [0.1, 0.15) is 92.0 Å². The quantitative estimate of drug-likeness (QED) is 0.278. The molecule has 1 fully saturated rings. The number of hydrogen-bond acceptors (Lipinski definition) is 7. The third kappa shape index (κ3) is 6.88. The second-order valence-corrected chi connectivity index (χ2v) is 15.9. The average Bonchev–Trinajstić information content (AvgIpc) is 3.49. The van der Waals surface area contributed by atoms with Crippen molar-refractivity contribution in [2.75, 3.05) is 20.2 Å². The monoisotopic (exact) mass is 653 g/mol. The van der Waals surface area contributed by atoms with Gasteiger partial charge in [0, 0.05) is 40.6 Å².